The summed E-state index contributed by atoms with van der Waals surface area (Å²) in [5.41, 5.74) is 0.576. The van der Waals surface area contributed by atoms with Crippen molar-refractivity contribution in [3.8, 4) is 17.2 Å². The predicted molar refractivity (Wildman–Crippen MR) is 55.4 cm³/mol. The third-order valence-electron chi connectivity index (χ3n) is 2.08. The van der Waals surface area contributed by atoms with Gasteiger partial charge in [0.1, 0.15) is 5.75 Å². The largest absolute Gasteiger partial charge is 0.507 e. The van der Waals surface area contributed by atoms with Crippen molar-refractivity contribution >= 4 is 0 Å². The zero-order valence-electron chi connectivity index (χ0n) is 8.47. The van der Waals surface area contributed by atoms with Crippen molar-refractivity contribution in [1.82, 2.24) is 10.1 Å². The maximum atomic E-state index is 9.58. The van der Waals surface area contributed by atoms with Crippen molar-refractivity contribution < 1.29 is 9.63 Å². The molecule has 0 aliphatic heterocycles. The summed E-state index contributed by atoms with van der Waals surface area (Å²) in [6, 6.07) is 6.92. The Balaban J connectivity index is 2.33. The smallest absolute Gasteiger partial charge is 0.261 e. The zero-order chi connectivity index (χ0) is 10.7. The SMILES string of the molecule is CCCc1noc(-c2ccccc2O)n1. The molecule has 2 aromatic rings. The molecule has 0 fully saturated rings. The van der Waals surface area contributed by atoms with Crippen molar-refractivity contribution in [2.24, 2.45) is 0 Å². The van der Waals surface area contributed by atoms with E-state index in [-0.39, 0.29) is 5.75 Å². The third-order valence-corrected chi connectivity index (χ3v) is 2.08. The molecule has 0 amide bonds. The Morgan fingerprint density at radius 2 is 2.13 bits per heavy atom. The standard InChI is InChI=1S/C11H12N2O2/c1-2-5-10-12-11(15-13-10)8-6-3-4-7-9(8)14/h3-4,6-7,14H,2,5H2,1H3. The van der Waals surface area contributed by atoms with E-state index < -0.39 is 0 Å². The first-order valence-electron chi connectivity index (χ1n) is 4.92. The normalized spacial score (nSPS) is 10.5. The lowest BCUT2D eigenvalue weighted by atomic mass is 10.2. The molecule has 4 nitrogen and oxygen atoms in total. The quantitative estimate of drug-likeness (QED) is 0.833. The molecule has 1 aromatic heterocycles. The number of benzene rings is 1. The molecule has 78 valence electrons. The summed E-state index contributed by atoms with van der Waals surface area (Å²) in [6.45, 7) is 2.05. The summed E-state index contributed by atoms with van der Waals surface area (Å²) >= 11 is 0. The van der Waals surface area contributed by atoms with E-state index in [9.17, 15) is 5.11 Å². The maximum Gasteiger partial charge on any atom is 0.261 e. The summed E-state index contributed by atoms with van der Waals surface area (Å²) in [7, 11) is 0. The Morgan fingerprint density at radius 3 is 2.87 bits per heavy atom. The van der Waals surface area contributed by atoms with E-state index in [0.29, 0.717) is 17.3 Å². The van der Waals surface area contributed by atoms with Crippen LogP contribution in [0.3, 0.4) is 0 Å². The van der Waals surface area contributed by atoms with E-state index >= 15 is 0 Å². The summed E-state index contributed by atoms with van der Waals surface area (Å²) in [6.07, 6.45) is 1.76. The van der Waals surface area contributed by atoms with Gasteiger partial charge in [-0.1, -0.05) is 24.2 Å². The van der Waals surface area contributed by atoms with Crippen LogP contribution in [0.15, 0.2) is 28.8 Å². The topological polar surface area (TPSA) is 59.2 Å². The van der Waals surface area contributed by atoms with E-state index in [1.807, 2.05) is 6.07 Å². The number of phenolic OH excluding ortho intramolecular Hbond substituents is 1. The number of rotatable bonds is 3. The molecule has 0 saturated carbocycles. The molecule has 0 aliphatic carbocycles. The van der Waals surface area contributed by atoms with Gasteiger partial charge >= 0.3 is 0 Å². The minimum Gasteiger partial charge on any atom is -0.507 e. The van der Waals surface area contributed by atoms with Crippen molar-refractivity contribution in [3.05, 3.63) is 30.1 Å². The number of aromatic hydroxyl groups is 1. The van der Waals surface area contributed by atoms with Crippen LogP contribution in [0.5, 0.6) is 5.75 Å². The predicted octanol–water partition coefficient (Wildman–Crippen LogP) is 2.39. The highest BCUT2D eigenvalue weighted by atomic mass is 16.5. The second-order valence-corrected chi connectivity index (χ2v) is 3.28. The van der Waals surface area contributed by atoms with Gasteiger partial charge in [0.15, 0.2) is 5.82 Å². The average molecular weight is 204 g/mol. The first-order valence-corrected chi connectivity index (χ1v) is 4.92. The molecule has 1 N–H and O–H groups in total. The lowest BCUT2D eigenvalue weighted by Gasteiger charge is -1.96. The number of hydrogen-bond donors (Lipinski definition) is 1. The van der Waals surface area contributed by atoms with Crippen LogP contribution in [0, 0.1) is 0 Å². The fraction of sp³-hybridized carbons (Fsp3) is 0.273. The van der Waals surface area contributed by atoms with Gasteiger partial charge in [-0.25, -0.2) is 0 Å². The van der Waals surface area contributed by atoms with Gasteiger partial charge in [-0.15, -0.1) is 0 Å². The van der Waals surface area contributed by atoms with Crippen LogP contribution in [-0.4, -0.2) is 15.2 Å². The summed E-state index contributed by atoms with van der Waals surface area (Å²) < 4.78 is 5.06. The molecule has 1 aromatic carbocycles. The lowest BCUT2D eigenvalue weighted by molar-refractivity contribution is 0.417. The minimum absolute atomic E-state index is 0.157. The van der Waals surface area contributed by atoms with Gasteiger partial charge in [-0.2, -0.15) is 4.98 Å². The molecule has 1 heterocycles. The Labute approximate surface area is 87.6 Å². The van der Waals surface area contributed by atoms with Gasteiger partial charge in [-0.05, 0) is 18.6 Å². The molecular formula is C11H12N2O2. The van der Waals surface area contributed by atoms with Gasteiger partial charge in [0, 0.05) is 6.42 Å². The molecular weight excluding hydrogens is 192 g/mol. The Hall–Kier alpha value is -1.84. The van der Waals surface area contributed by atoms with Crippen molar-refractivity contribution in [3.63, 3.8) is 0 Å². The number of phenols is 1. The first-order chi connectivity index (χ1) is 7.31. The summed E-state index contributed by atoms with van der Waals surface area (Å²) in [5, 5.41) is 13.4. The van der Waals surface area contributed by atoms with Gasteiger partial charge in [0.25, 0.3) is 5.89 Å². The molecule has 0 bridgehead atoms. The number of aryl methyl sites for hydroxylation is 1. The number of nitrogens with zero attached hydrogens (tertiary/aromatic N) is 2. The molecule has 0 spiro atoms. The van der Waals surface area contributed by atoms with Crippen LogP contribution in [-0.2, 0) is 6.42 Å². The highest BCUT2D eigenvalue weighted by Crippen LogP contribution is 2.26. The lowest BCUT2D eigenvalue weighted by Crippen LogP contribution is -1.85. The molecule has 0 saturated heterocycles. The van der Waals surface area contributed by atoms with E-state index in [1.165, 1.54) is 0 Å². The maximum absolute atomic E-state index is 9.58. The second-order valence-electron chi connectivity index (χ2n) is 3.28. The molecule has 0 radical (unpaired) electrons. The van der Waals surface area contributed by atoms with E-state index in [4.69, 9.17) is 4.52 Å². The average Bonchev–Trinajstić information content (AvgIpc) is 2.68. The number of para-hydroxylation sites is 1. The zero-order valence-corrected chi connectivity index (χ0v) is 8.47. The van der Waals surface area contributed by atoms with Gasteiger partial charge in [0.05, 0.1) is 5.56 Å². The van der Waals surface area contributed by atoms with Gasteiger partial charge < -0.3 is 9.63 Å². The molecule has 0 atom stereocenters. The third kappa shape index (κ3) is 1.98. The Kier molecular flexibility index (Phi) is 2.67. The molecule has 0 aliphatic rings. The number of hydrogen-bond acceptors (Lipinski definition) is 4. The fourth-order valence-electron chi connectivity index (χ4n) is 1.34. The highest BCUT2D eigenvalue weighted by molar-refractivity contribution is 5.61. The van der Waals surface area contributed by atoms with Crippen molar-refractivity contribution in [2.45, 2.75) is 19.8 Å². The molecule has 2 rings (SSSR count). The van der Waals surface area contributed by atoms with Gasteiger partial charge in [0.2, 0.25) is 0 Å². The van der Waals surface area contributed by atoms with Crippen LogP contribution in [0.4, 0.5) is 0 Å². The highest BCUT2D eigenvalue weighted by Gasteiger charge is 2.11. The van der Waals surface area contributed by atoms with Crippen molar-refractivity contribution in [1.29, 1.82) is 0 Å². The van der Waals surface area contributed by atoms with Crippen LogP contribution in [0.2, 0.25) is 0 Å². The fourth-order valence-corrected chi connectivity index (χ4v) is 1.34. The summed E-state index contributed by atoms with van der Waals surface area (Å²) in [4.78, 5) is 4.19. The monoisotopic (exact) mass is 204 g/mol. The van der Waals surface area contributed by atoms with Gasteiger partial charge in [-0.3, -0.25) is 0 Å². The second kappa shape index (κ2) is 4.13. The Morgan fingerprint density at radius 1 is 1.33 bits per heavy atom. The van der Waals surface area contributed by atoms with Crippen LogP contribution < -0.4 is 0 Å². The molecule has 15 heavy (non-hydrogen) atoms. The minimum atomic E-state index is 0.157. The molecule has 4 heteroatoms. The van der Waals surface area contributed by atoms with Crippen LogP contribution in [0.25, 0.3) is 11.5 Å². The van der Waals surface area contributed by atoms with Crippen LogP contribution >= 0.6 is 0 Å². The number of aromatic nitrogens is 2. The summed E-state index contributed by atoms with van der Waals surface area (Å²) in [5.74, 6) is 1.21. The van der Waals surface area contributed by atoms with Crippen LogP contribution in [0.1, 0.15) is 19.2 Å². The van der Waals surface area contributed by atoms with E-state index in [1.54, 1.807) is 18.2 Å². The Bertz CT molecular complexity index is 451. The first kappa shape index (κ1) is 9.71. The van der Waals surface area contributed by atoms with Crippen molar-refractivity contribution in [2.75, 3.05) is 0 Å². The van der Waals surface area contributed by atoms with E-state index in [0.717, 1.165) is 12.8 Å². The molecule has 0 unspecified atom stereocenters. The van der Waals surface area contributed by atoms with E-state index in [2.05, 4.69) is 17.1 Å².